The van der Waals surface area contributed by atoms with E-state index in [-0.39, 0.29) is 12.1 Å². The fourth-order valence-corrected chi connectivity index (χ4v) is 2.01. The Labute approximate surface area is 107 Å². The lowest BCUT2D eigenvalue weighted by atomic mass is 10.1. The van der Waals surface area contributed by atoms with E-state index in [1.54, 1.807) is 7.11 Å². The van der Waals surface area contributed by atoms with Gasteiger partial charge in [0.2, 0.25) is 0 Å². The maximum absolute atomic E-state index is 6.25. The molecule has 0 aliphatic carbocycles. The van der Waals surface area contributed by atoms with E-state index in [9.17, 15) is 0 Å². The largest absolute Gasteiger partial charge is 0.380 e. The van der Waals surface area contributed by atoms with E-state index in [1.165, 1.54) is 0 Å². The predicted molar refractivity (Wildman–Crippen MR) is 68.9 cm³/mol. The lowest BCUT2D eigenvalue weighted by molar-refractivity contribution is 0.0824. The van der Waals surface area contributed by atoms with E-state index in [4.69, 9.17) is 22.2 Å². The zero-order valence-corrected chi connectivity index (χ0v) is 11.6. The van der Waals surface area contributed by atoms with Gasteiger partial charge in [-0.1, -0.05) is 11.6 Å². The van der Waals surface area contributed by atoms with Crippen molar-refractivity contribution in [1.29, 1.82) is 0 Å². The minimum atomic E-state index is 0.0107. The molecule has 0 bridgehead atoms. The monoisotopic (exact) mass is 260 g/mol. The summed E-state index contributed by atoms with van der Waals surface area (Å²) >= 11 is 6.25. The maximum Gasteiger partial charge on any atom is 0.0847 e. The van der Waals surface area contributed by atoms with Crippen LogP contribution in [0.3, 0.4) is 0 Å². The first kappa shape index (κ1) is 14.4. The van der Waals surface area contributed by atoms with Crippen molar-refractivity contribution >= 4 is 11.6 Å². The number of aromatic nitrogens is 2. The Hall–Kier alpha value is -0.620. The van der Waals surface area contributed by atoms with E-state index in [1.807, 2.05) is 25.5 Å². The predicted octanol–water partition coefficient (Wildman–Crippen LogP) is 1.27. The van der Waals surface area contributed by atoms with Gasteiger partial charge in [-0.15, -0.1) is 0 Å². The molecule has 1 rings (SSSR count). The Morgan fingerprint density at radius 2 is 2.24 bits per heavy atom. The average Bonchev–Trinajstić information content (AvgIpc) is 2.61. The molecule has 5 nitrogen and oxygen atoms in total. The number of nitrogens with two attached hydrogens (primary N) is 1. The zero-order valence-electron chi connectivity index (χ0n) is 10.8. The third-order valence-electron chi connectivity index (χ3n) is 3.02. The van der Waals surface area contributed by atoms with Gasteiger partial charge in [0.1, 0.15) is 0 Å². The normalized spacial score (nSPS) is 14.9. The highest BCUT2D eigenvalue weighted by Gasteiger charge is 2.21. The smallest absolute Gasteiger partial charge is 0.0847 e. The minimum Gasteiger partial charge on any atom is -0.380 e. The van der Waals surface area contributed by atoms with E-state index in [0.717, 1.165) is 23.0 Å². The molecule has 2 atom stereocenters. The summed E-state index contributed by atoms with van der Waals surface area (Å²) in [5.74, 6) is 5.54. The zero-order chi connectivity index (χ0) is 13.0. The van der Waals surface area contributed by atoms with Crippen LogP contribution in [0.5, 0.6) is 0 Å². The molecular weight excluding hydrogens is 240 g/mol. The summed E-state index contributed by atoms with van der Waals surface area (Å²) in [6, 6.07) is 0.0129. The van der Waals surface area contributed by atoms with Crippen molar-refractivity contribution in [3.63, 3.8) is 0 Å². The van der Waals surface area contributed by atoms with Gasteiger partial charge in [-0.25, -0.2) is 0 Å². The molecule has 1 heterocycles. The van der Waals surface area contributed by atoms with Crippen LogP contribution in [-0.4, -0.2) is 29.0 Å². The van der Waals surface area contributed by atoms with E-state index < -0.39 is 0 Å². The van der Waals surface area contributed by atoms with Gasteiger partial charge in [0.25, 0.3) is 0 Å². The number of ether oxygens (including phenoxy) is 1. The number of hydrogen-bond donors (Lipinski definition) is 2. The van der Waals surface area contributed by atoms with Gasteiger partial charge >= 0.3 is 0 Å². The third kappa shape index (κ3) is 3.19. The highest BCUT2D eigenvalue weighted by Crippen LogP contribution is 2.22. The highest BCUT2D eigenvalue weighted by molar-refractivity contribution is 6.31. The molecule has 0 aromatic carbocycles. The van der Waals surface area contributed by atoms with Crippen LogP contribution in [0.25, 0.3) is 0 Å². The topological polar surface area (TPSA) is 65.1 Å². The number of hydrogen-bond acceptors (Lipinski definition) is 4. The molecule has 0 amide bonds. The van der Waals surface area contributed by atoms with Crippen molar-refractivity contribution in [2.45, 2.75) is 45.9 Å². The molecule has 0 radical (unpaired) electrons. The van der Waals surface area contributed by atoms with Gasteiger partial charge in [0.05, 0.1) is 28.6 Å². The Balaban J connectivity index is 2.92. The van der Waals surface area contributed by atoms with E-state index in [2.05, 4.69) is 10.5 Å². The molecule has 1 aromatic heterocycles. The second-order valence-corrected chi connectivity index (χ2v) is 4.46. The summed E-state index contributed by atoms with van der Waals surface area (Å²) in [6.07, 6.45) is 0.704. The van der Waals surface area contributed by atoms with Crippen LogP contribution in [0.15, 0.2) is 0 Å². The minimum absolute atomic E-state index is 0.0107. The van der Waals surface area contributed by atoms with Gasteiger partial charge in [-0.05, 0) is 20.8 Å². The molecule has 0 fully saturated rings. The van der Waals surface area contributed by atoms with Gasteiger partial charge in [-0.3, -0.25) is 16.0 Å². The summed E-state index contributed by atoms with van der Waals surface area (Å²) in [4.78, 5) is 0. The van der Waals surface area contributed by atoms with Crippen LogP contribution in [-0.2, 0) is 17.7 Å². The quantitative estimate of drug-likeness (QED) is 0.597. The Morgan fingerprint density at radius 1 is 1.59 bits per heavy atom. The fourth-order valence-electron chi connectivity index (χ4n) is 1.80. The fraction of sp³-hybridized carbons (Fsp3) is 0.727. The standard InChI is InChI=1S/C11H21ClN4O/c1-5-16-10(11(12)7(2)15-16)6-9(14-13)8(3)17-4/h8-9,14H,5-6,13H2,1-4H3. The van der Waals surface area contributed by atoms with Crippen molar-refractivity contribution in [3.05, 3.63) is 16.4 Å². The molecule has 0 aliphatic heterocycles. The van der Waals surface area contributed by atoms with Gasteiger partial charge in [0, 0.05) is 20.1 Å². The van der Waals surface area contributed by atoms with Gasteiger partial charge < -0.3 is 4.74 Å². The van der Waals surface area contributed by atoms with Gasteiger partial charge in [0.15, 0.2) is 0 Å². The summed E-state index contributed by atoms with van der Waals surface area (Å²) in [5, 5.41) is 5.09. The lowest BCUT2D eigenvalue weighted by Gasteiger charge is -2.22. The Kier molecular flexibility index (Phi) is 5.39. The van der Waals surface area contributed by atoms with E-state index >= 15 is 0 Å². The summed E-state index contributed by atoms with van der Waals surface area (Å²) in [6.45, 7) is 6.71. The lowest BCUT2D eigenvalue weighted by Crippen LogP contribution is -2.45. The molecule has 0 aliphatic rings. The van der Waals surface area contributed by atoms with Crippen LogP contribution in [0, 0.1) is 6.92 Å². The van der Waals surface area contributed by atoms with E-state index in [0.29, 0.717) is 6.42 Å². The average molecular weight is 261 g/mol. The Bertz CT molecular complexity index is 367. The van der Waals surface area contributed by atoms with Crippen molar-refractivity contribution in [3.8, 4) is 0 Å². The first-order valence-electron chi connectivity index (χ1n) is 5.75. The number of methoxy groups -OCH3 is 1. The molecule has 98 valence electrons. The molecule has 6 heteroatoms. The summed E-state index contributed by atoms with van der Waals surface area (Å²) in [5.41, 5.74) is 4.61. The van der Waals surface area contributed by atoms with Crippen LogP contribution >= 0.6 is 11.6 Å². The van der Waals surface area contributed by atoms with Crippen molar-refractivity contribution in [2.24, 2.45) is 5.84 Å². The third-order valence-corrected chi connectivity index (χ3v) is 3.51. The molecule has 0 spiro atoms. The summed E-state index contributed by atoms with van der Waals surface area (Å²) < 4.78 is 7.19. The SMILES string of the molecule is CCn1nc(C)c(Cl)c1CC(NN)C(C)OC. The number of hydrazine groups is 1. The van der Waals surface area contributed by atoms with Crippen LogP contribution in [0.1, 0.15) is 25.2 Å². The first-order chi connectivity index (χ1) is 8.04. The highest BCUT2D eigenvalue weighted by atomic mass is 35.5. The molecular formula is C11H21ClN4O. The molecule has 2 unspecified atom stereocenters. The first-order valence-corrected chi connectivity index (χ1v) is 6.13. The molecule has 0 saturated carbocycles. The summed E-state index contributed by atoms with van der Waals surface area (Å²) in [7, 11) is 1.67. The van der Waals surface area contributed by atoms with Crippen molar-refractivity contribution in [1.82, 2.24) is 15.2 Å². The number of halogens is 1. The number of nitrogens with zero attached hydrogens (tertiary/aromatic N) is 2. The number of nitrogens with one attached hydrogen (secondary N) is 1. The van der Waals surface area contributed by atoms with Gasteiger partial charge in [-0.2, -0.15) is 5.10 Å². The number of rotatable bonds is 6. The second kappa shape index (κ2) is 6.35. The van der Waals surface area contributed by atoms with Crippen molar-refractivity contribution < 1.29 is 4.74 Å². The maximum atomic E-state index is 6.25. The van der Waals surface area contributed by atoms with Crippen molar-refractivity contribution in [2.75, 3.05) is 7.11 Å². The second-order valence-electron chi connectivity index (χ2n) is 4.08. The molecule has 1 aromatic rings. The van der Waals surface area contributed by atoms with Crippen LogP contribution in [0.2, 0.25) is 5.02 Å². The molecule has 0 saturated heterocycles. The van der Waals surface area contributed by atoms with Crippen LogP contribution in [0.4, 0.5) is 0 Å². The van der Waals surface area contributed by atoms with Crippen LogP contribution < -0.4 is 11.3 Å². The Morgan fingerprint density at radius 3 is 2.71 bits per heavy atom. The number of aryl methyl sites for hydroxylation is 2. The molecule has 3 N–H and O–H groups in total. The molecule has 17 heavy (non-hydrogen) atoms.